The van der Waals surface area contributed by atoms with E-state index in [9.17, 15) is 5.11 Å². The van der Waals surface area contributed by atoms with Gasteiger partial charge in [-0.25, -0.2) is 0 Å². The summed E-state index contributed by atoms with van der Waals surface area (Å²) in [7, 11) is 0. The highest BCUT2D eigenvalue weighted by atomic mass is 35.5. The molecular weight excluding hydrogens is 310 g/mol. The Kier molecular flexibility index (Phi) is 6.90. The summed E-state index contributed by atoms with van der Waals surface area (Å²) in [5.74, 6) is 0.594. The van der Waals surface area contributed by atoms with Crippen molar-refractivity contribution < 1.29 is 9.84 Å². The molecule has 0 spiro atoms. The van der Waals surface area contributed by atoms with Gasteiger partial charge in [-0.05, 0) is 36.6 Å². The van der Waals surface area contributed by atoms with Crippen molar-refractivity contribution in [1.82, 2.24) is 5.32 Å². The molecule has 23 heavy (non-hydrogen) atoms. The Balaban J connectivity index is 1.77. The van der Waals surface area contributed by atoms with Gasteiger partial charge in [-0.2, -0.15) is 0 Å². The number of halogens is 1. The third kappa shape index (κ3) is 5.54. The summed E-state index contributed by atoms with van der Waals surface area (Å²) in [6.07, 6.45) is 0.448. The lowest BCUT2D eigenvalue weighted by Crippen LogP contribution is -2.33. The molecule has 2 atom stereocenters. The van der Waals surface area contributed by atoms with Crippen molar-refractivity contribution in [2.75, 3.05) is 13.2 Å². The van der Waals surface area contributed by atoms with Crippen LogP contribution in [0.1, 0.15) is 31.0 Å². The van der Waals surface area contributed by atoms with Gasteiger partial charge in [0.1, 0.15) is 18.5 Å². The lowest BCUT2D eigenvalue weighted by Gasteiger charge is -2.18. The average molecular weight is 334 g/mol. The van der Waals surface area contributed by atoms with Gasteiger partial charge >= 0.3 is 0 Å². The molecule has 0 aromatic heterocycles. The summed E-state index contributed by atoms with van der Waals surface area (Å²) in [4.78, 5) is 0. The van der Waals surface area contributed by atoms with E-state index in [2.05, 4.69) is 43.4 Å². The number of ether oxygens (including phenoxy) is 1. The zero-order chi connectivity index (χ0) is 16.7. The Bertz CT molecular complexity index is 601. The van der Waals surface area contributed by atoms with Crippen molar-refractivity contribution >= 4 is 11.6 Å². The van der Waals surface area contributed by atoms with Crippen molar-refractivity contribution in [3.05, 3.63) is 64.7 Å². The molecule has 4 heteroatoms. The number of aryl methyl sites for hydroxylation is 1. The Hall–Kier alpha value is -1.55. The van der Waals surface area contributed by atoms with Crippen LogP contribution < -0.4 is 10.1 Å². The molecule has 2 rings (SSSR count). The summed E-state index contributed by atoms with van der Waals surface area (Å²) < 4.78 is 5.54. The summed E-state index contributed by atoms with van der Waals surface area (Å²) >= 11 is 6.02. The number of aliphatic hydroxyl groups is 1. The van der Waals surface area contributed by atoms with Crippen molar-refractivity contribution in [2.24, 2.45) is 0 Å². The highest BCUT2D eigenvalue weighted by Crippen LogP contribution is 2.23. The van der Waals surface area contributed by atoms with E-state index >= 15 is 0 Å². The monoisotopic (exact) mass is 333 g/mol. The highest BCUT2D eigenvalue weighted by molar-refractivity contribution is 6.32. The molecule has 2 aromatic rings. The normalized spacial score (nSPS) is 13.6. The maximum atomic E-state index is 10.0. The van der Waals surface area contributed by atoms with Crippen molar-refractivity contribution in [3.63, 3.8) is 0 Å². The minimum Gasteiger partial charge on any atom is -0.489 e. The molecule has 124 valence electrons. The number of nitrogens with one attached hydrogen (secondary N) is 1. The number of rotatable bonds is 8. The van der Waals surface area contributed by atoms with Gasteiger partial charge in [0.05, 0.1) is 5.02 Å². The average Bonchev–Trinajstić information content (AvgIpc) is 2.59. The summed E-state index contributed by atoms with van der Waals surface area (Å²) in [5.41, 5.74) is 2.54. The van der Waals surface area contributed by atoms with E-state index < -0.39 is 6.10 Å². The number of hydrogen-bond acceptors (Lipinski definition) is 3. The first-order valence-corrected chi connectivity index (χ1v) is 8.35. The Morgan fingerprint density at radius 2 is 1.83 bits per heavy atom. The molecule has 0 saturated carbocycles. The van der Waals surface area contributed by atoms with E-state index in [4.69, 9.17) is 16.3 Å². The van der Waals surface area contributed by atoms with Crippen LogP contribution in [-0.2, 0) is 6.42 Å². The Morgan fingerprint density at radius 3 is 2.48 bits per heavy atom. The Morgan fingerprint density at radius 1 is 1.13 bits per heavy atom. The van der Waals surface area contributed by atoms with Crippen LogP contribution in [0.25, 0.3) is 0 Å². The molecule has 0 saturated heterocycles. The molecule has 0 fully saturated rings. The largest absolute Gasteiger partial charge is 0.489 e. The minimum absolute atomic E-state index is 0.177. The molecule has 0 aliphatic heterocycles. The van der Waals surface area contributed by atoms with Gasteiger partial charge in [0.2, 0.25) is 0 Å². The van der Waals surface area contributed by atoms with Crippen LogP contribution in [0.15, 0.2) is 48.5 Å². The lowest BCUT2D eigenvalue weighted by atomic mass is 10.0. The second-order valence-corrected chi connectivity index (χ2v) is 6.03. The fourth-order valence-electron chi connectivity index (χ4n) is 2.28. The molecule has 0 heterocycles. The molecule has 0 radical (unpaired) electrons. The first-order chi connectivity index (χ1) is 11.1. The smallest absolute Gasteiger partial charge is 0.138 e. The lowest BCUT2D eigenvalue weighted by molar-refractivity contribution is 0.104. The van der Waals surface area contributed by atoms with Gasteiger partial charge < -0.3 is 15.2 Å². The maximum absolute atomic E-state index is 10.0. The van der Waals surface area contributed by atoms with E-state index in [1.54, 1.807) is 12.1 Å². The first-order valence-electron chi connectivity index (χ1n) is 7.97. The molecule has 0 amide bonds. The van der Waals surface area contributed by atoms with Crippen LogP contribution in [0.2, 0.25) is 5.02 Å². The molecule has 0 aliphatic rings. The summed E-state index contributed by atoms with van der Waals surface area (Å²) in [6.45, 7) is 4.90. The molecule has 2 unspecified atom stereocenters. The molecule has 2 N–H and O–H groups in total. The molecule has 2 aromatic carbocycles. The highest BCUT2D eigenvalue weighted by Gasteiger charge is 2.10. The first kappa shape index (κ1) is 17.8. The second-order valence-electron chi connectivity index (χ2n) is 5.62. The third-order valence-electron chi connectivity index (χ3n) is 3.82. The van der Waals surface area contributed by atoms with E-state index in [-0.39, 0.29) is 12.6 Å². The van der Waals surface area contributed by atoms with Gasteiger partial charge in [-0.3, -0.25) is 0 Å². The standard InChI is InChI=1S/C19H24ClNO2/c1-3-15-8-10-16(11-9-15)14(2)21-12-17(22)13-23-19-7-5-4-6-18(19)20/h4-11,14,17,21-22H,3,12-13H2,1-2H3. The van der Waals surface area contributed by atoms with Gasteiger partial charge in [0.15, 0.2) is 0 Å². The zero-order valence-corrected chi connectivity index (χ0v) is 14.4. The molecule has 3 nitrogen and oxygen atoms in total. The zero-order valence-electron chi connectivity index (χ0n) is 13.6. The summed E-state index contributed by atoms with van der Waals surface area (Å²) in [5, 5.41) is 13.9. The van der Waals surface area contributed by atoms with Crippen LogP contribution in [0.5, 0.6) is 5.75 Å². The van der Waals surface area contributed by atoms with E-state index in [1.165, 1.54) is 11.1 Å². The van der Waals surface area contributed by atoms with Crippen LogP contribution in [0.4, 0.5) is 0 Å². The summed E-state index contributed by atoms with van der Waals surface area (Å²) in [6, 6.07) is 16.0. The van der Waals surface area contributed by atoms with Crippen LogP contribution in [0, 0.1) is 0 Å². The predicted molar refractivity (Wildman–Crippen MR) is 95.2 cm³/mol. The predicted octanol–water partition coefficient (Wildman–Crippen LogP) is 3.99. The third-order valence-corrected chi connectivity index (χ3v) is 4.13. The molecule has 0 bridgehead atoms. The number of para-hydroxylation sites is 1. The van der Waals surface area contributed by atoms with Crippen LogP contribution >= 0.6 is 11.6 Å². The number of aliphatic hydroxyl groups excluding tert-OH is 1. The van der Waals surface area contributed by atoms with E-state index in [1.807, 2.05) is 12.1 Å². The SMILES string of the molecule is CCc1ccc(C(C)NCC(O)COc2ccccc2Cl)cc1. The quantitative estimate of drug-likeness (QED) is 0.767. The van der Waals surface area contributed by atoms with Gasteiger partial charge in [0.25, 0.3) is 0 Å². The fraction of sp³-hybridized carbons (Fsp3) is 0.368. The van der Waals surface area contributed by atoms with Crippen molar-refractivity contribution in [1.29, 1.82) is 0 Å². The van der Waals surface area contributed by atoms with Crippen molar-refractivity contribution in [3.8, 4) is 5.75 Å². The number of benzene rings is 2. The fourth-order valence-corrected chi connectivity index (χ4v) is 2.47. The van der Waals surface area contributed by atoms with Crippen LogP contribution in [-0.4, -0.2) is 24.4 Å². The topological polar surface area (TPSA) is 41.5 Å². The molecule has 0 aliphatic carbocycles. The van der Waals surface area contributed by atoms with E-state index in [0.717, 1.165) is 6.42 Å². The van der Waals surface area contributed by atoms with Crippen molar-refractivity contribution in [2.45, 2.75) is 32.4 Å². The van der Waals surface area contributed by atoms with Crippen LogP contribution in [0.3, 0.4) is 0 Å². The second kappa shape index (κ2) is 8.92. The van der Waals surface area contributed by atoms with Gasteiger partial charge in [-0.15, -0.1) is 0 Å². The molecular formula is C19H24ClNO2. The Labute approximate surface area is 143 Å². The maximum Gasteiger partial charge on any atom is 0.138 e. The van der Waals surface area contributed by atoms with Gasteiger partial charge in [0, 0.05) is 12.6 Å². The van der Waals surface area contributed by atoms with E-state index in [0.29, 0.717) is 17.3 Å². The number of hydrogen-bond donors (Lipinski definition) is 2. The minimum atomic E-state index is -0.594. The van der Waals surface area contributed by atoms with Gasteiger partial charge in [-0.1, -0.05) is 54.9 Å².